The summed E-state index contributed by atoms with van der Waals surface area (Å²) < 4.78 is 1.68. The van der Waals surface area contributed by atoms with Crippen LogP contribution in [0.25, 0.3) is 16.9 Å². The fourth-order valence-electron chi connectivity index (χ4n) is 1.83. The van der Waals surface area contributed by atoms with E-state index in [4.69, 9.17) is 11.5 Å². The Morgan fingerprint density at radius 2 is 1.68 bits per heavy atom. The number of nitrogen functional groups attached to an aromatic ring is 2. The second-order valence-electron chi connectivity index (χ2n) is 4.18. The minimum absolute atomic E-state index is 0.314. The number of hydrogen-bond acceptors (Lipinski definition) is 4. The summed E-state index contributed by atoms with van der Waals surface area (Å²) >= 11 is 0. The number of benzene rings is 1. The van der Waals surface area contributed by atoms with Crippen LogP contribution in [0.15, 0.2) is 54.9 Å². The number of rotatable bonds is 2. The van der Waals surface area contributed by atoms with Crippen LogP contribution in [-0.2, 0) is 0 Å². The number of nitrogens with zero attached hydrogens (tertiary/aromatic N) is 3. The van der Waals surface area contributed by atoms with Gasteiger partial charge in [0.1, 0.15) is 5.82 Å². The van der Waals surface area contributed by atoms with E-state index < -0.39 is 0 Å². The average Bonchev–Trinajstić information content (AvgIpc) is 2.93. The quantitative estimate of drug-likeness (QED) is 0.730. The van der Waals surface area contributed by atoms with E-state index in [9.17, 15) is 0 Å². The van der Waals surface area contributed by atoms with Gasteiger partial charge in [-0.05, 0) is 17.7 Å². The molecule has 0 bridgehead atoms. The monoisotopic (exact) mass is 251 g/mol. The second kappa shape index (κ2) is 4.45. The molecule has 0 aliphatic heterocycles. The van der Waals surface area contributed by atoms with Crippen LogP contribution >= 0.6 is 0 Å². The molecule has 0 saturated heterocycles. The number of pyridine rings is 1. The zero-order valence-electron chi connectivity index (χ0n) is 10.2. The van der Waals surface area contributed by atoms with E-state index in [0.29, 0.717) is 17.3 Å². The molecule has 0 amide bonds. The van der Waals surface area contributed by atoms with Crippen molar-refractivity contribution in [1.82, 2.24) is 14.8 Å². The Morgan fingerprint density at radius 1 is 0.895 bits per heavy atom. The lowest BCUT2D eigenvalue weighted by molar-refractivity contribution is 0.849. The van der Waals surface area contributed by atoms with E-state index >= 15 is 0 Å². The molecule has 0 saturated carbocycles. The Bertz CT molecular complexity index is 703. The van der Waals surface area contributed by atoms with Gasteiger partial charge in [0.05, 0.1) is 11.9 Å². The standard InChI is InChI=1S/C14H13N5/c15-12-6-7-13(18-14(12)16)19-9-11(8-17-19)10-4-2-1-3-5-10/h1-9H,15H2,(H2,16,18). The van der Waals surface area contributed by atoms with Crippen molar-refractivity contribution in [2.45, 2.75) is 0 Å². The first kappa shape index (κ1) is 11.3. The first-order valence-electron chi connectivity index (χ1n) is 5.86. The van der Waals surface area contributed by atoms with Crippen LogP contribution in [0.3, 0.4) is 0 Å². The van der Waals surface area contributed by atoms with Gasteiger partial charge >= 0.3 is 0 Å². The molecule has 0 fully saturated rings. The SMILES string of the molecule is Nc1ccc(-n2cc(-c3ccccc3)cn2)nc1N. The molecule has 0 unspecified atom stereocenters. The maximum Gasteiger partial charge on any atom is 0.155 e. The van der Waals surface area contributed by atoms with E-state index in [1.807, 2.05) is 36.5 Å². The largest absolute Gasteiger partial charge is 0.396 e. The van der Waals surface area contributed by atoms with Gasteiger partial charge in [0.15, 0.2) is 5.82 Å². The Morgan fingerprint density at radius 3 is 2.42 bits per heavy atom. The lowest BCUT2D eigenvalue weighted by Gasteiger charge is -2.03. The Balaban J connectivity index is 1.99. The topological polar surface area (TPSA) is 82.8 Å². The van der Waals surface area contributed by atoms with E-state index in [1.54, 1.807) is 23.0 Å². The minimum Gasteiger partial charge on any atom is -0.396 e. The van der Waals surface area contributed by atoms with Crippen LogP contribution in [0.4, 0.5) is 11.5 Å². The molecule has 0 atom stereocenters. The van der Waals surface area contributed by atoms with Crippen LogP contribution in [-0.4, -0.2) is 14.8 Å². The molecule has 3 aromatic rings. The van der Waals surface area contributed by atoms with Gasteiger partial charge in [0.25, 0.3) is 0 Å². The van der Waals surface area contributed by atoms with Crippen LogP contribution in [0.5, 0.6) is 0 Å². The molecule has 0 aliphatic rings. The van der Waals surface area contributed by atoms with Gasteiger partial charge in [-0.2, -0.15) is 5.10 Å². The van der Waals surface area contributed by atoms with Gasteiger partial charge in [-0.25, -0.2) is 9.67 Å². The fraction of sp³-hybridized carbons (Fsp3) is 0. The average molecular weight is 251 g/mol. The number of hydrogen-bond donors (Lipinski definition) is 2. The van der Waals surface area contributed by atoms with E-state index in [-0.39, 0.29) is 0 Å². The molecule has 19 heavy (non-hydrogen) atoms. The molecule has 4 N–H and O–H groups in total. The van der Waals surface area contributed by atoms with Gasteiger partial charge in [-0.3, -0.25) is 0 Å². The molecule has 0 radical (unpaired) electrons. The summed E-state index contributed by atoms with van der Waals surface area (Å²) in [6.45, 7) is 0. The number of anilines is 2. The molecule has 0 aliphatic carbocycles. The zero-order chi connectivity index (χ0) is 13.2. The molecule has 0 spiro atoms. The van der Waals surface area contributed by atoms with E-state index in [1.165, 1.54) is 0 Å². The third-order valence-electron chi connectivity index (χ3n) is 2.87. The summed E-state index contributed by atoms with van der Waals surface area (Å²) in [7, 11) is 0. The Labute approximate surface area is 110 Å². The number of nitrogens with two attached hydrogens (primary N) is 2. The van der Waals surface area contributed by atoms with Gasteiger partial charge < -0.3 is 11.5 Å². The highest BCUT2D eigenvalue weighted by Gasteiger charge is 2.05. The lowest BCUT2D eigenvalue weighted by Crippen LogP contribution is -2.03. The van der Waals surface area contributed by atoms with Crippen LogP contribution in [0.2, 0.25) is 0 Å². The summed E-state index contributed by atoms with van der Waals surface area (Å²) in [5.74, 6) is 0.961. The molecule has 3 rings (SSSR count). The molecule has 5 nitrogen and oxygen atoms in total. The van der Waals surface area contributed by atoms with Gasteiger partial charge in [-0.1, -0.05) is 30.3 Å². The molecule has 5 heteroatoms. The minimum atomic E-state index is 0.314. The van der Waals surface area contributed by atoms with Gasteiger partial charge in [0.2, 0.25) is 0 Å². The van der Waals surface area contributed by atoms with Gasteiger partial charge in [-0.15, -0.1) is 0 Å². The molecule has 94 valence electrons. The Kier molecular flexibility index (Phi) is 2.64. The molecule has 1 aromatic carbocycles. The van der Waals surface area contributed by atoms with Crippen LogP contribution in [0, 0.1) is 0 Å². The molecular weight excluding hydrogens is 238 g/mol. The van der Waals surface area contributed by atoms with Gasteiger partial charge in [0, 0.05) is 11.8 Å². The predicted molar refractivity (Wildman–Crippen MR) is 75.6 cm³/mol. The normalized spacial score (nSPS) is 10.5. The Hall–Kier alpha value is -2.82. The third-order valence-corrected chi connectivity index (χ3v) is 2.87. The molecule has 2 aromatic heterocycles. The summed E-state index contributed by atoms with van der Waals surface area (Å²) in [5, 5.41) is 4.29. The second-order valence-corrected chi connectivity index (χ2v) is 4.18. The maximum absolute atomic E-state index is 5.70. The molecule has 2 heterocycles. The summed E-state index contributed by atoms with van der Waals surface area (Å²) in [6.07, 6.45) is 3.71. The number of aromatic nitrogens is 3. The van der Waals surface area contributed by atoms with Crippen LogP contribution in [0.1, 0.15) is 0 Å². The highest BCUT2D eigenvalue weighted by atomic mass is 15.3. The summed E-state index contributed by atoms with van der Waals surface area (Å²) in [5.41, 5.74) is 14.0. The van der Waals surface area contributed by atoms with Crippen molar-refractivity contribution < 1.29 is 0 Å². The summed E-state index contributed by atoms with van der Waals surface area (Å²) in [6, 6.07) is 13.5. The van der Waals surface area contributed by atoms with Crippen molar-refractivity contribution in [3.63, 3.8) is 0 Å². The zero-order valence-corrected chi connectivity index (χ0v) is 10.2. The maximum atomic E-state index is 5.70. The summed E-state index contributed by atoms with van der Waals surface area (Å²) in [4.78, 5) is 4.20. The van der Waals surface area contributed by atoms with E-state index in [0.717, 1.165) is 11.1 Å². The lowest BCUT2D eigenvalue weighted by atomic mass is 10.1. The first-order valence-corrected chi connectivity index (χ1v) is 5.86. The predicted octanol–water partition coefficient (Wildman–Crippen LogP) is 2.10. The third kappa shape index (κ3) is 2.13. The van der Waals surface area contributed by atoms with Crippen molar-refractivity contribution in [2.75, 3.05) is 11.5 Å². The smallest absolute Gasteiger partial charge is 0.155 e. The fourth-order valence-corrected chi connectivity index (χ4v) is 1.83. The van der Waals surface area contributed by atoms with Crippen molar-refractivity contribution in [3.8, 4) is 16.9 Å². The van der Waals surface area contributed by atoms with E-state index in [2.05, 4.69) is 10.1 Å². The highest BCUT2D eigenvalue weighted by Crippen LogP contribution is 2.20. The van der Waals surface area contributed by atoms with Crippen molar-refractivity contribution >= 4 is 11.5 Å². The van der Waals surface area contributed by atoms with Crippen LogP contribution < -0.4 is 11.5 Å². The van der Waals surface area contributed by atoms with Crippen molar-refractivity contribution in [1.29, 1.82) is 0 Å². The first-order chi connectivity index (χ1) is 9.24. The highest BCUT2D eigenvalue weighted by molar-refractivity contribution is 5.63. The van der Waals surface area contributed by atoms with Crippen molar-refractivity contribution in [3.05, 3.63) is 54.9 Å². The molecular formula is C14H13N5. The van der Waals surface area contributed by atoms with Crippen molar-refractivity contribution in [2.24, 2.45) is 0 Å².